The largest absolute Gasteiger partial charge is 0.481 e. The summed E-state index contributed by atoms with van der Waals surface area (Å²) in [6.45, 7) is 1.57. The van der Waals surface area contributed by atoms with E-state index in [2.05, 4.69) is 15.9 Å². The summed E-state index contributed by atoms with van der Waals surface area (Å²) in [5.74, 6) is -2.09. The monoisotopic (exact) mass is 290 g/mol. The summed E-state index contributed by atoms with van der Waals surface area (Å²) in [6.07, 6.45) is -1.32. The maximum absolute atomic E-state index is 13.4. The number of halogens is 2. The number of rotatable bonds is 4. The van der Waals surface area contributed by atoms with Crippen molar-refractivity contribution in [2.45, 2.75) is 19.4 Å². The fraction of sp³-hybridized carbons (Fsp3) is 0.364. The zero-order valence-corrected chi connectivity index (χ0v) is 10.2. The predicted octanol–water partition coefficient (Wildman–Crippen LogP) is 2.73. The van der Waals surface area contributed by atoms with E-state index in [-0.39, 0.29) is 12.0 Å². The molecule has 0 heterocycles. The van der Waals surface area contributed by atoms with Crippen LogP contribution in [0.4, 0.5) is 4.39 Å². The van der Waals surface area contributed by atoms with Gasteiger partial charge in [-0.2, -0.15) is 0 Å². The molecule has 2 atom stereocenters. The molecule has 3 nitrogen and oxygen atoms in total. The molecule has 0 saturated carbocycles. The van der Waals surface area contributed by atoms with Gasteiger partial charge in [-0.3, -0.25) is 4.79 Å². The average Bonchev–Trinajstić information content (AvgIpc) is 2.19. The summed E-state index contributed by atoms with van der Waals surface area (Å²) in [6, 6.07) is 4.21. The smallest absolute Gasteiger partial charge is 0.303 e. The number of carboxylic acid groups (broad SMARTS) is 1. The van der Waals surface area contributed by atoms with Gasteiger partial charge >= 0.3 is 5.97 Å². The first-order valence-corrected chi connectivity index (χ1v) is 5.56. The summed E-state index contributed by atoms with van der Waals surface area (Å²) in [5, 5.41) is 18.4. The quantitative estimate of drug-likeness (QED) is 0.896. The molecule has 0 aliphatic carbocycles. The zero-order chi connectivity index (χ0) is 12.3. The number of hydrogen-bond donors (Lipinski definition) is 2. The summed E-state index contributed by atoms with van der Waals surface area (Å²) in [7, 11) is 0. The van der Waals surface area contributed by atoms with E-state index in [4.69, 9.17) is 5.11 Å². The van der Waals surface area contributed by atoms with Crippen LogP contribution in [0.3, 0.4) is 0 Å². The Bertz CT molecular complexity index is 395. The van der Waals surface area contributed by atoms with Crippen LogP contribution in [-0.4, -0.2) is 16.2 Å². The Morgan fingerprint density at radius 3 is 2.75 bits per heavy atom. The lowest BCUT2D eigenvalue weighted by molar-refractivity contribution is -0.139. The van der Waals surface area contributed by atoms with Crippen molar-refractivity contribution in [3.63, 3.8) is 0 Å². The van der Waals surface area contributed by atoms with E-state index in [1.54, 1.807) is 6.92 Å². The molecule has 1 aromatic rings. The summed E-state index contributed by atoms with van der Waals surface area (Å²) >= 11 is 3.17. The fourth-order valence-electron chi connectivity index (χ4n) is 1.43. The van der Waals surface area contributed by atoms with Gasteiger partial charge in [0.1, 0.15) is 5.82 Å². The maximum Gasteiger partial charge on any atom is 0.303 e. The molecular formula is C11H12BrFO3. The first-order chi connectivity index (χ1) is 7.41. The molecule has 0 aliphatic rings. The number of aliphatic carboxylic acids is 1. The second-order valence-corrected chi connectivity index (χ2v) is 4.60. The molecule has 2 N–H and O–H groups in total. The second kappa shape index (κ2) is 5.41. The molecule has 16 heavy (non-hydrogen) atoms. The summed E-state index contributed by atoms with van der Waals surface area (Å²) in [5.41, 5.74) is 0.114. The highest BCUT2D eigenvalue weighted by molar-refractivity contribution is 9.10. The Hall–Kier alpha value is -0.940. The van der Waals surface area contributed by atoms with Crippen molar-refractivity contribution in [2.24, 2.45) is 5.92 Å². The lowest BCUT2D eigenvalue weighted by atomic mass is 9.94. The molecule has 0 aliphatic heterocycles. The number of aliphatic hydroxyl groups is 1. The van der Waals surface area contributed by atoms with Gasteiger partial charge in [0.2, 0.25) is 0 Å². The van der Waals surface area contributed by atoms with Crippen molar-refractivity contribution in [2.75, 3.05) is 0 Å². The maximum atomic E-state index is 13.4. The Kier molecular flexibility index (Phi) is 4.44. The molecule has 0 bridgehead atoms. The van der Waals surface area contributed by atoms with Crippen LogP contribution in [-0.2, 0) is 4.79 Å². The molecule has 0 aromatic heterocycles. The van der Waals surface area contributed by atoms with E-state index in [0.717, 1.165) is 0 Å². The number of carboxylic acids is 1. The molecule has 1 aromatic carbocycles. The van der Waals surface area contributed by atoms with E-state index in [0.29, 0.717) is 4.47 Å². The predicted molar refractivity (Wildman–Crippen MR) is 60.5 cm³/mol. The van der Waals surface area contributed by atoms with Crippen LogP contribution in [0, 0.1) is 11.7 Å². The van der Waals surface area contributed by atoms with Crippen LogP contribution in [0.1, 0.15) is 25.0 Å². The molecule has 0 fully saturated rings. The molecule has 0 spiro atoms. The SMILES string of the molecule is CC(CC(=O)O)C(O)c1cc(Br)ccc1F. The van der Waals surface area contributed by atoms with Crippen LogP contribution in [0.25, 0.3) is 0 Å². The van der Waals surface area contributed by atoms with Crippen molar-refractivity contribution in [3.8, 4) is 0 Å². The van der Waals surface area contributed by atoms with Gasteiger partial charge in [-0.25, -0.2) is 4.39 Å². The van der Waals surface area contributed by atoms with E-state index in [1.165, 1.54) is 18.2 Å². The van der Waals surface area contributed by atoms with Crippen molar-refractivity contribution in [1.29, 1.82) is 0 Å². The van der Waals surface area contributed by atoms with Gasteiger partial charge in [0.05, 0.1) is 12.5 Å². The molecule has 88 valence electrons. The van der Waals surface area contributed by atoms with E-state index in [1.807, 2.05) is 0 Å². The van der Waals surface area contributed by atoms with Gasteiger partial charge in [0.15, 0.2) is 0 Å². The number of carbonyl (C=O) groups is 1. The van der Waals surface area contributed by atoms with Crippen LogP contribution < -0.4 is 0 Å². The minimum Gasteiger partial charge on any atom is -0.481 e. The molecular weight excluding hydrogens is 279 g/mol. The van der Waals surface area contributed by atoms with E-state index < -0.39 is 23.8 Å². The van der Waals surface area contributed by atoms with Crippen molar-refractivity contribution in [3.05, 3.63) is 34.1 Å². The topological polar surface area (TPSA) is 57.5 Å². The standard InChI is InChI=1S/C11H12BrFO3/c1-6(4-10(14)15)11(16)8-5-7(12)2-3-9(8)13/h2-3,5-6,11,16H,4H2,1H3,(H,14,15). The minimum absolute atomic E-state index is 0.114. The Morgan fingerprint density at radius 2 is 2.19 bits per heavy atom. The Balaban J connectivity index is 2.90. The number of aliphatic hydroxyl groups excluding tert-OH is 1. The van der Waals surface area contributed by atoms with Gasteiger partial charge in [-0.1, -0.05) is 22.9 Å². The first-order valence-electron chi connectivity index (χ1n) is 4.76. The molecule has 0 amide bonds. The molecule has 0 radical (unpaired) electrons. The van der Waals surface area contributed by atoms with Gasteiger partial charge in [-0.15, -0.1) is 0 Å². The highest BCUT2D eigenvalue weighted by Gasteiger charge is 2.22. The third-order valence-electron chi connectivity index (χ3n) is 2.31. The number of hydrogen-bond acceptors (Lipinski definition) is 2. The first kappa shape index (κ1) is 13.1. The fourth-order valence-corrected chi connectivity index (χ4v) is 1.81. The van der Waals surface area contributed by atoms with Crippen molar-refractivity contribution < 1.29 is 19.4 Å². The highest BCUT2D eigenvalue weighted by Crippen LogP contribution is 2.28. The zero-order valence-electron chi connectivity index (χ0n) is 8.65. The van der Waals surface area contributed by atoms with Crippen molar-refractivity contribution in [1.82, 2.24) is 0 Å². The second-order valence-electron chi connectivity index (χ2n) is 3.69. The molecule has 1 rings (SSSR count). The third-order valence-corrected chi connectivity index (χ3v) is 2.81. The van der Waals surface area contributed by atoms with Crippen LogP contribution in [0.2, 0.25) is 0 Å². The highest BCUT2D eigenvalue weighted by atomic mass is 79.9. The molecule has 2 unspecified atom stereocenters. The van der Waals surface area contributed by atoms with Crippen LogP contribution in [0.15, 0.2) is 22.7 Å². The van der Waals surface area contributed by atoms with Gasteiger partial charge in [0.25, 0.3) is 0 Å². The third kappa shape index (κ3) is 3.28. The Morgan fingerprint density at radius 1 is 1.56 bits per heavy atom. The minimum atomic E-state index is -1.12. The number of benzene rings is 1. The van der Waals surface area contributed by atoms with Crippen molar-refractivity contribution >= 4 is 21.9 Å². The lowest BCUT2D eigenvalue weighted by Crippen LogP contribution is -2.14. The van der Waals surface area contributed by atoms with Gasteiger partial charge in [0, 0.05) is 10.0 Å². The summed E-state index contributed by atoms with van der Waals surface area (Å²) < 4.78 is 14.0. The summed E-state index contributed by atoms with van der Waals surface area (Å²) in [4.78, 5) is 10.5. The average molecular weight is 291 g/mol. The van der Waals surface area contributed by atoms with Gasteiger partial charge in [-0.05, 0) is 24.1 Å². The van der Waals surface area contributed by atoms with E-state index >= 15 is 0 Å². The van der Waals surface area contributed by atoms with Gasteiger partial charge < -0.3 is 10.2 Å². The van der Waals surface area contributed by atoms with E-state index in [9.17, 15) is 14.3 Å². The Labute approximate surface area is 101 Å². The van der Waals surface area contributed by atoms with Crippen LogP contribution >= 0.6 is 15.9 Å². The molecule has 0 saturated heterocycles. The lowest BCUT2D eigenvalue weighted by Gasteiger charge is -2.18. The normalized spacial score (nSPS) is 14.5. The molecule has 5 heteroatoms. The van der Waals surface area contributed by atoms with Crippen LogP contribution in [0.5, 0.6) is 0 Å².